The summed E-state index contributed by atoms with van der Waals surface area (Å²) in [6.07, 6.45) is 3.20. The van der Waals surface area contributed by atoms with Crippen molar-refractivity contribution in [3.05, 3.63) is 22.9 Å². The lowest BCUT2D eigenvalue weighted by Crippen LogP contribution is -2.37. The van der Waals surface area contributed by atoms with Gasteiger partial charge in [0.25, 0.3) is 0 Å². The average Bonchev–Trinajstić information content (AvgIpc) is 2.78. The molecule has 0 amide bonds. The smallest absolute Gasteiger partial charge is 0.331 e. The number of nitrogens with zero attached hydrogens (tertiary/aromatic N) is 5. The van der Waals surface area contributed by atoms with Crippen molar-refractivity contribution >= 4 is 21.9 Å². The van der Waals surface area contributed by atoms with Crippen LogP contribution in [0.5, 0.6) is 0 Å². The number of carboxylic acid groups (broad SMARTS) is 1. The molecule has 0 saturated heterocycles. The van der Waals surface area contributed by atoms with E-state index in [9.17, 15) is 9.90 Å². The van der Waals surface area contributed by atoms with Crippen LogP contribution in [0.1, 0.15) is 13.8 Å². The summed E-state index contributed by atoms with van der Waals surface area (Å²) >= 11 is 3.29. The Morgan fingerprint density at radius 1 is 1.44 bits per heavy atom. The van der Waals surface area contributed by atoms with Crippen LogP contribution in [-0.4, -0.2) is 36.3 Å². The number of hydrogen-bond donors (Lipinski definition) is 1. The van der Waals surface area contributed by atoms with E-state index in [4.69, 9.17) is 0 Å². The minimum Gasteiger partial charge on any atom is -0.479 e. The Kier molecular flexibility index (Phi) is 3.12. The number of halogens is 1. The fraction of sp³-hybridized carbons (Fsp3) is 0.300. The molecule has 0 saturated carbocycles. The number of aromatic nitrogens is 5. The lowest BCUT2D eigenvalue weighted by atomic mass is 10.1. The molecular formula is C10H10BrN5O2. The fourth-order valence-corrected chi connectivity index (χ4v) is 1.73. The lowest BCUT2D eigenvalue weighted by molar-refractivity contribution is -0.146. The van der Waals surface area contributed by atoms with Gasteiger partial charge in [0.15, 0.2) is 11.4 Å². The summed E-state index contributed by atoms with van der Waals surface area (Å²) in [4.78, 5) is 15.2. The Morgan fingerprint density at radius 3 is 2.78 bits per heavy atom. The highest BCUT2D eigenvalue weighted by atomic mass is 79.9. The van der Waals surface area contributed by atoms with Crippen molar-refractivity contribution in [1.82, 2.24) is 25.2 Å². The van der Waals surface area contributed by atoms with E-state index in [1.165, 1.54) is 18.5 Å². The zero-order chi connectivity index (χ0) is 13.3. The second-order valence-electron chi connectivity index (χ2n) is 4.17. The molecule has 2 rings (SSSR count). The SMILES string of the molecule is CC(C)(C(=O)O)n1nnnc1-c1cncc(Br)c1. The lowest BCUT2D eigenvalue weighted by Gasteiger charge is -2.20. The first-order valence-corrected chi connectivity index (χ1v) is 5.85. The van der Waals surface area contributed by atoms with Crippen LogP contribution in [0.15, 0.2) is 22.9 Å². The third kappa shape index (κ3) is 2.10. The summed E-state index contributed by atoms with van der Waals surface area (Å²) in [5.41, 5.74) is -0.593. The number of carbonyl (C=O) groups is 1. The minimum absolute atomic E-state index is 0.358. The number of pyridine rings is 1. The fourth-order valence-electron chi connectivity index (χ4n) is 1.37. The zero-order valence-corrected chi connectivity index (χ0v) is 11.3. The molecule has 0 unspecified atom stereocenters. The summed E-state index contributed by atoms with van der Waals surface area (Å²) in [5.74, 6) is -0.657. The van der Waals surface area contributed by atoms with Gasteiger partial charge in [0, 0.05) is 22.4 Å². The molecule has 0 spiro atoms. The van der Waals surface area contributed by atoms with Crippen molar-refractivity contribution < 1.29 is 9.90 Å². The van der Waals surface area contributed by atoms with Crippen LogP contribution in [0.3, 0.4) is 0 Å². The summed E-state index contributed by atoms with van der Waals surface area (Å²) in [5, 5.41) is 20.3. The van der Waals surface area contributed by atoms with Crippen LogP contribution >= 0.6 is 15.9 Å². The van der Waals surface area contributed by atoms with Crippen molar-refractivity contribution in [3.8, 4) is 11.4 Å². The maximum absolute atomic E-state index is 11.2. The van der Waals surface area contributed by atoms with E-state index in [1.807, 2.05) is 0 Å². The second kappa shape index (κ2) is 4.45. The van der Waals surface area contributed by atoms with E-state index in [-0.39, 0.29) is 0 Å². The molecule has 0 aliphatic heterocycles. The van der Waals surface area contributed by atoms with Crippen LogP contribution in [0.2, 0.25) is 0 Å². The van der Waals surface area contributed by atoms with Gasteiger partial charge in [-0.25, -0.2) is 9.48 Å². The average molecular weight is 312 g/mol. The Balaban J connectivity index is 2.55. The van der Waals surface area contributed by atoms with Crippen LogP contribution in [-0.2, 0) is 10.3 Å². The zero-order valence-electron chi connectivity index (χ0n) is 9.70. The molecule has 0 aromatic carbocycles. The van der Waals surface area contributed by atoms with Crippen LogP contribution in [0, 0.1) is 0 Å². The van der Waals surface area contributed by atoms with Crippen molar-refractivity contribution in [2.75, 3.05) is 0 Å². The maximum atomic E-state index is 11.2. The van der Waals surface area contributed by atoms with Gasteiger partial charge in [-0.15, -0.1) is 5.10 Å². The van der Waals surface area contributed by atoms with Gasteiger partial charge in [0.1, 0.15) is 0 Å². The Labute approximate surface area is 111 Å². The van der Waals surface area contributed by atoms with Crippen molar-refractivity contribution in [2.24, 2.45) is 0 Å². The largest absolute Gasteiger partial charge is 0.479 e. The first-order chi connectivity index (χ1) is 8.43. The monoisotopic (exact) mass is 311 g/mol. The highest BCUT2D eigenvalue weighted by Gasteiger charge is 2.33. The molecule has 18 heavy (non-hydrogen) atoms. The van der Waals surface area contributed by atoms with Gasteiger partial charge in [-0.3, -0.25) is 4.98 Å². The van der Waals surface area contributed by atoms with Crippen LogP contribution < -0.4 is 0 Å². The van der Waals surface area contributed by atoms with E-state index < -0.39 is 11.5 Å². The third-order valence-electron chi connectivity index (χ3n) is 2.49. The highest BCUT2D eigenvalue weighted by Crippen LogP contribution is 2.24. The van der Waals surface area contributed by atoms with E-state index in [2.05, 4.69) is 36.4 Å². The van der Waals surface area contributed by atoms with E-state index in [0.29, 0.717) is 11.4 Å². The minimum atomic E-state index is -1.23. The molecule has 1 N–H and O–H groups in total. The molecular weight excluding hydrogens is 302 g/mol. The molecule has 0 aliphatic rings. The predicted octanol–water partition coefficient (Wildman–Crippen LogP) is 1.32. The number of hydrogen-bond acceptors (Lipinski definition) is 5. The maximum Gasteiger partial charge on any atom is 0.331 e. The topological polar surface area (TPSA) is 93.8 Å². The number of rotatable bonds is 3. The van der Waals surface area contributed by atoms with Gasteiger partial charge >= 0.3 is 5.97 Å². The molecule has 2 heterocycles. The second-order valence-corrected chi connectivity index (χ2v) is 5.09. The standard InChI is InChI=1S/C10H10BrN5O2/c1-10(2,9(17)18)16-8(13-14-15-16)6-3-7(11)5-12-4-6/h3-5H,1-2H3,(H,17,18). The summed E-state index contributed by atoms with van der Waals surface area (Å²) in [7, 11) is 0. The van der Waals surface area contributed by atoms with E-state index >= 15 is 0 Å². The molecule has 0 aliphatic carbocycles. The predicted molar refractivity (Wildman–Crippen MR) is 65.7 cm³/mol. The summed E-state index contributed by atoms with van der Waals surface area (Å²) in [6.45, 7) is 3.06. The van der Waals surface area contributed by atoms with Crippen molar-refractivity contribution in [3.63, 3.8) is 0 Å². The van der Waals surface area contributed by atoms with Gasteiger partial charge in [-0.05, 0) is 46.3 Å². The molecule has 2 aromatic heterocycles. The van der Waals surface area contributed by atoms with E-state index in [0.717, 1.165) is 4.47 Å². The molecule has 2 aromatic rings. The van der Waals surface area contributed by atoms with Crippen molar-refractivity contribution in [1.29, 1.82) is 0 Å². The third-order valence-corrected chi connectivity index (χ3v) is 2.92. The molecule has 8 heteroatoms. The van der Waals surface area contributed by atoms with Crippen LogP contribution in [0.25, 0.3) is 11.4 Å². The molecule has 94 valence electrons. The highest BCUT2D eigenvalue weighted by molar-refractivity contribution is 9.10. The first-order valence-electron chi connectivity index (χ1n) is 5.06. The number of aliphatic carboxylic acids is 1. The molecule has 0 bridgehead atoms. The summed E-state index contributed by atoms with van der Waals surface area (Å²) < 4.78 is 2.03. The molecule has 0 radical (unpaired) electrons. The molecule has 7 nitrogen and oxygen atoms in total. The van der Waals surface area contributed by atoms with E-state index in [1.54, 1.807) is 18.5 Å². The van der Waals surface area contributed by atoms with Gasteiger partial charge in [-0.2, -0.15) is 0 Å². The molecule has 0 atom stereocenters. The normalized spacial score (nSPS) is 11.5. The quantitative estimate of drug-likeness (QED) is 0.918. The Hall–Kier alpha value is -1.83. The van der Waals surface area contributed by atoms with Gasteiger partial charge in [0.2, 0.25) is 0 Å². The summed E-state index contributed by atoms with van der Waals surface area (Å²) in [6, 6.07) is 1.77. The van der Waals surface area contributed by atoms with Gasteiger partial charge in [-0.1, -0.05) is 0 Å². The first kappa shape index (κ1) is 12.6. The Morgan fingerprint density at radius 2 is 2.17 bits per heavy atom. The molecule has 0 fully saturated rings. The number of tetrazole rings is 1. The van der Waals surface area contributed by atoms with Crippen LogP contribution in [0.4, 0.5) is 0 Å². The van der Waals surface area contributed by atoms with Gasteiger partial charge < -0.3 is 5.11 Å². The number of carboxylic acids is 1. The van der Waals surface area contributed by atoms with Gasteiger partial charge in [0.05, 0.1) is 0 Å². The Bertz CT molecular complexity index is 595. The van der Waals surface area contributed by atoms with Crippen molar-refractivity contribution in [2.45, 2.75) is 19.4 Å².